The number of carbonyl (C=O) groups excluding carboxylic acids is 1. The molecule has 0 N–H and O–H groups in total. The average Bonchev–Trinajstić information content (AvgIpc) is 2.71. The van der Waals surface area contributed by atoms with Crippen molar-refractivity contribution >= 4 is 23.2 Å². The molecule has 0 saturated heterocycles. The number of hydrogen-bond donors (Lipinski definition) is 0. The van der Waals surface area contributed by atoms with E-state index < -0.39 is 4.87 Å². The summed E-state index contributed by atoms with van der Waals surface area (Å²) in [6.07, 6.45) is 0. The number of fused-ring (bicyclic) bond motifs is 1. The Morgan fingerprint density at radius 1 is 1.15 bits per heavy atom. The van der Waals surface area contributed by atoms with Gasteiger partial charge in [-0.25, -0.2) is 0 Å². The number of ether oxygens (including phenoxy) is 1. The number of benzene rings is 2. The van der Waals surface area contributed by atoms with Crippen LogP contribution in [-0.4, -0.2) is 20.1 Å². The van der Waals surface area contributed by atoms with Crippen LogP contribution in [0.5, 0.6) is 5.75 Å². The molecule has 0 radical (unpaired) electrons. The molecule has 1 amide bonds. The average molecular weight is 288 g/mol. The molecule has 1 aliphatic heterocycles. The first-order valence-electron chi connectivity index (χ1n) is 6.30. The molecule has 102 valence electrons. The van der Waals surface area contributed by atoms with Gasteiger partial charge < -0.3 is 9.64 Å². The van der Waals surface area contributed by atoms with Crippen LogP contribution in [0, 0.1) is 0 Å². The summed E-state index contributed by atoms with van der Waals surface area (Å²) < 4.78 is 5.23. The number of anilines is 1. The highest BCUT2D eigenvalue weighted by Crippen LogP contribution is 2.48. The molecule has 0 spiro atoms. The van der Waals surface area contributed by atoms with E-state index in [1.807, 2.05) is 42.5 Å². The summed E-state index contributed by atoms with van der Waals surface area (Å²) in [6.45, 7) is 0. The van der Waals surface area contributed by atoms with Crippen LogP contribution in [0.15, 0.2) is 48.5 Å². The molecule has 2 aromatic rings. The lowest BCUT2D eigenvalue weighted by Gasteiger charge is -2.21. The quantitative estimate of drug-likeness (QED) is 0.794. The third-order valence-corrected chi connectivity index (χ3v) is 4.29. The minimum absolute atomic E-state index is 0.145. The Morgan fingerprint density at radius 3 is 2.65 bits per heavy atom. The van der Waals surface area contributed by atoms with Crippen LogP contribution in [-0.2, 0) is 9.67 Å². The number of amides is 1. The molecule has 3 nitrogen and oxygen atoms in total. The molecule has 0 bridgehead atoms. The minimum atomic E-state index is -1.18. The summed E-state index contributed by atoms with van der Waals surface area (Å²) in [5.74, 6) is 0.538. The number of nitrogens with zero attached hydrogens (tertiary/aromatic N) is 1. The smallest absolute Gasteiger partial charge is 0.257 e. The third kappa shape index (κ3) is 1.63. The van der Waals surface area contributed by atoms with Crippen molar-refractivity contribution in [2.24, 2.45) is 0 Å². The lowest BCUT2D eigenvalue weighted by Crippen LogP contribution is -2.35. The normalized spacial score (nSPS) is 20.9. The second-order valence-corrected chi connectivity index (χ2v) is 5.34. The summed E-state index contributed by atoms with van der Waals surface area (Å²) in [4.78, 5) is 13.1. The number of para-hydroxylation sites is 1. The minimum Gasteiger partial charge on any atom is -0.497 e. The molecular formula is C16H14ClNO2. The van der Waals surface area contributed by atoms with Crippen LogP contribution >= 0.6 is 11.6 Å². The van der Waals surface area contributed by atoms with Gasteiger partial charge in [0.05, 0.1) is 7.11 Å². The number of methoxy groups -OCH3 is 1. The molecule has 1 unspecified atom stereocenters. The molecular weight excluding hydrogens is 274 g/mol. The molecule has 0 saturated carbocycles. The Kier molecular flexibility index (Phi) is 2.94. The van der Waals surface area contributed by atoms with Gasteiger partial charge in [-0.1, -0.05) is 41.9 Å². The fraction of sp³-hybridized carbons (Fsp3) is 0.188. The number of carbonyl (C=O) groups is 1. The SMILES string of the molecule is COc1cccc(C2(Cl)C(=O)N(C)c3ccccc32)c1. The molecule has 3 rings (SSSR count). The van der Waals surface area contributed by atoms with E-state index in [0.29, 0.717) is 5.75 Å². The van der Waals surface area contributed by atoms with E-state index in [1.165, 1.54) is 0 Å². The maximum atomic E-state index is 12.6. The van der Waals surface area contributed by atoms with Gasteiger partial charge >= 0.3 is 0 Å². The molecule has 0 aromatic heterocycles. The van der Waals surface area contributed by atoms with Crippen molar-refractivity contribution in [1.82, 2.24) is 0 Å². The Hall–Kier alpha value is -2.00. The van der Waals surface area contributed by atoms with E-state index in [0.717, 1.165) is 16.8 Å². The summed E-state index contributed by atoms with van der Waals surface area (Å²) in [5, 5.41) is 0. The van der Waals surface area contributed by atoms with E-state index >= 15 is 0 Å². The lowest BCUT2D eigenvalue weighted by molar-refractivity contribution is -0.119. The van der Waals surface area contributed by atoms with Crippen LogP contribution in [0.1, 0.15) is 11.1 Å². The van der Waals surface area contributed by atoms with Crippen LogP contribution in [0.3, 0.4) is 0 Å². The van der Waals surface area contributed by atoms with Crippen molar-refractivity contribution in [2.75, 3.05) is 19.1 Å². The van der Waals surface area contributed by atoms with Gasteiger partial charge in [0.2, 0.25) is 0 Å². The molecule has 20 heavy (non-hydrogen) atoms. The predicted molar refractivity (Wildman–Crippen MR) is 79.5 cm³/mol. The largest absolute Gasteiger partial charge is 0.497 e. The fourth-order valence-electron chi connectivity index (χ4n) is 2.63. The van der Waals surface area contributed by atoms with Crippen LogP contribution in [0.2, 0.25) is 0 Å². The third-order valence-electron chi connectivity index (χ3n) is 3.70. The van der Waals surface area contributed by atoms with Gasteiger partial charge in [-0.15, -0.1) is 0 Å². The Bertz CT molecular complexity index is 686. The number of likely N-dealkylation sites (N-methyl/N-ethyl adjacent to an activating group) is 1. The molecule has 0 fully saturated rings. The fourth-order valence-corrected chi connectivity index (χ4v) is 3.03. The van der Waals surface area contributed by atoms with Gasteiger partial charge in [-0.05, 0) is 23.8 Å². The Balaban J connectivity index is 2.23. The van der Waals surface area contributed by atoms with Gasteiger partial charge in [-0.3, -0.25) is 4.79 Å². The van der Waals surface area contributed by atoms with Crippen molar-refractivity contribution in [1.29, 1.82) is 0 Å². The molecule has 1 atom stereocenters. The van der Waals surface area contributed by atoms with Gasteiger partial charge in [-0.2, -0.15) is 0 Å². The monoisotopic (exact) mass is 287 g/mol. The maximum Gasteiger partial charge on any atom is 0.257 e. The summed E-state index contributed by atoms with van der Waals surface area (Å²) in [7, 11) is 3.34. The van der Waals surface area contributed by atoms with Crippen molar-refractivity contribution in [2.45, 2.75) is 4.87 Å². The highest BCUT2D eigenvalue weighted by atomic mass is 35.5. The zero-order valence-electron chi connectivity index (χ0n) is 11.3. The topological polar surface area (TPSA) is 29.5 Å². The Labute approximate surface area is 122 Å². The van der Waals surface area contributed by atoms with Crippen molar-refractivity contribution in [3.8, 4) is 5.75 Å². The van der Waals surface area contributed by atoms with Crippen molar-refractivity contribution in [3.63, 3.8) is 0 Å². The highest BCUT2D eigenvalue weighted by Gasteiger charge is 2.49. The number of alkyl halides is 1. The lowest BCUT2D eigenvalue weighted by atomic mass is 9.91. The molecule has 0 aliphatic carbocycles. The number of hydrogen-bond acceptors (Lipinski definition) is 2. The number of rotatable bonds is 2. The van der Waals surface area contributed by atoms with Gasteiger partial charge in [0, 0.05) is 18.3 Å². The summed E-state index contributed by atoms with van der Waals surface area (Å²) in [5.41, 5.74) is 2.37. The summed E-state index contributed by atoms with van der Waals surface area (Å²) in [6, 6.07) is 14.9. The van der Waals surface area contributed by atoms with Crippen LogP contribution in [0.4, 0.5) is 5.69 Å². The molecule has 1 heterocycles. The second-order valence-electron chi connectivity index (χ2n) is 4.77. The number of halogens is 1. The van der Waals surface area contributed by atoms with E-state index in [4.69, 9.17) is 16.3 Å². The second kappa shape index (κ2) is 4.53. The zero-order valence-corrected chi connectivity index (χ0v) is 12.0. The first kappa shape index (κ1) is 13.0. The zero-order chi connectivity index (χ0) is 14.3. The van der Waals surface area contributed by atoms with Crippen LogP contribution < -0.4 is 9.64 Å². The van der Waals surface area contributed by atoms with Crippen LogP contribution in [0.25, 0.3) is 0 Å². The van der Waals surface area contributed by atoms with E-state index in [1.54, 1.807) is 25.1 Å². The first-order chi connectivity index (χ1) is 9.59. The van der Waals surface area contributed by atoms with Gasteiger partial charge in [0.25, 0.3) is 5.91 Å². The van der Waals surface area contributed by atoms with Crippen molar-refractivity contribution < 1.29 is 9.53 Å². The van der Waals surface area contributed by atoms with Gasteiger partial charge in [0.15, 0.2) is 4.87 Å². The molecule has 2 aromatic carbocycles. The van der Waals surface area contributed by atoms with E-state index in [-0.39, 0.29) is 5.91 Å². The maximum absolute atomic E-state index is 12.6. The van der Waals surface area contributed by atoms with Crippen molar-refractivity contribution in [3.05, 3.63) is 59.7 Å². The molecule has 4 heteroatoms. The Morgan fingerprint density at radius 2 is 1.90 bits per heavy atom. The summed E-state index contributed by atoms with van der Waals surface area (Å²) >= 11 is 6.75. The van der Waals surface area contributed by atoms with E-state index in [9.17, 15) is 4.79 Å². The van der Waals surface area contributed by atoms with Gasteiger partial charge in [0.1, 0.15) is 5.75 Å². The van der Waals surface area contributed by atoms with E-state index in [2.05, 4.69) is 0 Å². The first-order valence-corrected chi connectivity index (χ1v) is 6.68. The standard InChI is InChI=1S/C16H14ClNO2/c1-18-14-9-4-3-8-13(14)16(17,15(18)19)11-6-5-7-12(10-11)20-2/h3-10H,1-2H3. The predicted octanol–water partition coefficient (Wildman–Crippen LogP) is 3.15. The highest BCUT2D eigenvalue weighted by molar-refractivity contribution is 6.41. The molecule has 1 aliphatic rings.